The lowest BCUT2D eigenvalue weighted by atomic mass is 10.1. The first-order valence-electron chi connectivity index (χ1n) is 6.41. The van der Waals surface area contributed by atoms with Crippen molar-refractivity contribution in [3.05, 3.63) is 59.2 Å². The Bertz CT molecular complexity index is 785. The number of hydrogen-bond acceptors (Lipinski definition) is 4. The van der Waals surface area contributed by atoms with Gasteiger partial charge < -0.3 is 0 Å². The summed E-state index contributed by atoms with van der Waals surface area (Å²) >= 11 is 7.23. The fraction of sp³-hybridized carbons (Fsp3) is 0.133. The summed E-state index contributed by atoms with van der Waals surface area (Å²) in [5.74, 6) is 0.0457. The predicted molar refractivity (Wildman–Crippen MR) is 84.1 cm³/mol. The van der Waals surface area contributed by atoms with Crippen LogP contribution in [0.15, 0.2) is 53.8 Å². The zero-order valence-corrected chi connectivity index (χ0v) is 12.8. The molecule has 0 bridgehead atoms. The molecular weight excluding hydrogens is 306 g/mol. The van der Waals surface area contributed by atoms with Crippen molar-refractivity contribution in [1.29, 1.82) is 0 Å². The lowest BCUT2D eigenvalue weighted by Gasteiger charge is -2.09. The van der Waals surface area contributed by atoms with Crippen LogP contribution in [0, 0.1) is 0 Å². The molecule has 1 atom stereocenters. The van der Waals surface area contributed by atoms with Crippen molar-refractivity contribution in [2.24, 2.45) is 0 Å². The molecule has 3 rings (SSSR count). The Morgan fingerprint density at radius 3 is 2.71 bits per heavy atom. The van der Waals surface area contributed by atoms with Crippen LogP contribution >= 0.6 is 23.4 Å². The number of halogens is 1. The number of fused-ring (bicyclic) bond motifs is 1. The maximum absolute atomic E-state index is 12.4. The molecule has 1 aromatic carbocycles. The first-order valence-corrected chi connectivity index (χ1v) is 7.67. The molecule has 2 aromatic heterocycles. The summed E-state index contributed by atoms with van der Waals surface area (Å²) in [6.45, 7) is 1.87. The largest absolute Gasteiger partial charge is 0.293 e. The Morgan fingerprint density at radius 2 is 1.95 bits per heavy atom. The van der Waals surface area contributed by atoms with Gasteiger partial charge in [0.25, 0.3) is 0 Å². The zero-order valence-electron chi connectivity index (χ0n) is 11.2. The lowest BCUT2D eigenvalue weighted by Crippen LogP contribution is -2.13. The van der Waals surface area contributed by atoms with Crippen LogP contribution in [0.4, 0.5) is 0 Å². The fourth-order valence-electron chi connectivity index (χ4n) is 1.96. The minimum Gasteiger partial charge on any atom is -0.293 e. The van der Waals surface area contributed by atoms with E-state index in [1.807, 2.05) is 35.7 Å². The Kier molecular flexibility index (Phi) is 3.94. The highest BCUT2D eigenvalue weighted by Gasteiger charge is 2.19. The molecule has 0 radical (unpaired) electrons. The normalized spacial score (nSPS) is 12.5. The molecule has 0 aliphatic rings. The van der Waals surface area contributed by atoms with Crippen LogP contribution in [0.25, 0.3) is 5.65 Å². The molecule has 0 N–H and O–H groups in total. The van der Waals surface area contributed by atoms with E-state index in [0.717, 1.165) is 5.65 Å². The van der Waals surface area contributed by atoms with E-state index in [9.17, 15) is 4.79 Å². The quantitative estimate of drug-likeness (QED) is 0.543. The molecule has 0 saturated carbocycles. The average Bonchev–Trinajstić information content (AvgIpc) is 2.91. The van der Waals surface area contributed by atoms with Gasteiger partial charge in [0, 0.05) is 16.8 Å². The number of pyridine rings is 1. The lowest BCUT2D eigenvalue weighted by molar-refractivity contribution is 0.0994. The van der Waals surface area contributed by atoms with Crippen LogP contribution in [-0.4, -0.2) is 25.6 Å². The van der Waals surface area contributed by atoms with E-state index in [1.54, 1.807) is 24.3 Å². The number of rotatable bonds is 4. The Morgan fingerprint density at radius 1 is 1.19 bits per heavy atom. The van der Waals surface area contributed by atoms with Gasteiger partial charge in [-0.15, -0.1) is 10.2 Å². The minimum absolute atomic E-state index is 0.0457. The summed E-state index contributed by atoms with van der Waals surface area (Å²) in [6.07, 6.45) is 1.89. The van der Waals surface area contributed by atoms with Gasteiger partial charge in [-0.05, 0) is 43.3 Å². The topological polar surface area (TPSA) is 47.3 Å². The number of thioether (sulfide) groups is 1. The first kappa shape index (κ1) is 14.1. The third kappa shape index (κ3) is 2.94. The summed E-state index contributed by atoms with van der Waals surface area (Å²) in [4.78, 5) is 12.4. The van der Waals surface area contributed by atoms with Gasteiger partial charge in [0.15, 0.2) is 16.6 Å². The molecule has 106 valence electrons. The molecule has 0 amide bonds. The third-order valence-corrected chi connectivity index (χ3v) is 4.37. The summed E-state index contributed by atoms with van der Waals surface area (Å²) in [7, 11) is 0. The van der Waals surface area contributed by atoms with E-state index >= 15 is 0 Å². The van der Waals surface area contributed by atoms with Crippen LogP contribution in [0.5, 0.6) is 0 Å². The molecule has 0 aliphatic heterocycles. The maximum Gasteiger partial charge on any atom is 0.196 e. The highest BCUT2D eigenvalue weighted by Crippen LogP contribution is 2.25. The second kappa shape index (κ2) is 5.87. The van der Waals surface area contributed by atoms with Crippen LogP contribution in [0.3, 0.4) is 0 Å². The van der Waals surface area contributed by atoms with Crippen molar-refractivity contribution in [2.45, 2.75) is 17.3 Å². The third-order valence-electron chi connectivity index (χ3n) is 3.06. The SMILES string of the molecule is C[C@H](Sc1nnc2ccccn12)C(=O)c1ccc(Cl)cc1. The van der Waals surface area contributed by atoms with E-state index < -0.39 is 0 Å². The van der Waals surface area contributed by atoms with Crippen LogP contribution in [0.2, 0.25) is 5.02 Å². The highest BCUT2D eigenvalue weighted by molar-refractivity contribution is 8.00. The highest BCUT2D eigenvalue weighted by atomic mass is 35.5. The van der Waals surface area contributed by atoms with Crippen LogP contribution in [-0.2, 0) is 0 Å². The molecule has 0 spiro atoms. The first-order chi connectivity index (χ1) is 10.1. The van der Waals surface area contributed by atoms with E-state index in [1.165, 1.54) is 11.8 Å². The number of benzene rings is 1. The molecule has 0 unspecified atom stereocenters. The van der Waals surface area contributed by atoms with Crippen molar-refractivity contribution in [1.82, 2.24) is 14.6 Å². The molecule has 0 aliphatic carbocycles. The Hall–Kier alpha value is -1.85. The number of hydrogen-bond donors (Lipinski definition) is 0. The molecule has 21 heavy (non-hydrogen) atoms. The summed E-state index contributed by atoms with van der Waals surface area (Å²) < 4.78 is 1.87. The predicted octanol–water partition coefficient (Wildman–Crippen LogP) is 3.75. The summed E-state index contributed by atoms with van der Waals surface area (Å²) in [5.41, 5.74) is 1.42. The van der Waals surface area contributed by atoms with Crippen molar-refractivity contribution in [3.8, 4) is 0 Å². The summed E-state index contributed by atoms with van der Waals surface area (Å²) in [6, 6.07) is 12.6. The second-order valence-electron chi connectivity index (χ2n) is 4.54. The number of carbonyl (C=O) groups excluding carboxylic acids is 1. The van der Waals surface area contributed by atoms with E-state index in [0.29, 0.717) is 15.7 Å². The number of carbonyl (C=O) groups is 1. The van der Waals surface area contributed by atoms with Gasteiger partial charge in [-0.1, -0.05) is 29.4 Å². The molecule has 2 heterocycles. The fourth-order valence-corrected chi connectivity index (χ4v) is 3.00. The van der Waals surface area contributed by atoms with Gasteiger partial charge in [0.2, 0.25) is 0 Å². The van der Waals surface area contributed by atoms with E-state index in [4.69, 9.17) is 11.6 Å². The number of Topliss-reactive ketones (excluding diaryl/α,β-unsaturated/α-hetero) is 1. The molecular formula is C15H12ClN3OS. The van der Waals surface area contributed by atoms with Crippen molar-refractivity contribution >= 4 is 34.8 Å². The Balaban J connectivity index is 1.81. The monoisotopic (exact) mass is 317 g/mol. The zero-order chi connectivity index (χ0) is 14.8. The maximum atomic E-state index is 12.4. The average molecular weight is 318 g/mol. The smallest absolute Gasteiger partial charge is 0.196 e. The standard InChI is InChI=1S/C15H12ClN3OS/c1-10(14(20)11-5-7-12(16)8-6-11)21-15-18-17-13-4-2-3-9-19(13)15/h2-10H,1H3/t10-/m0/s1. The minimum atomic E-state index is -0.251. The van der Waals surface area contributed by atoms with Gasteiger partial charge in [-0.3, -0.25) is 9.20 Å². The molecule has 4 nitrogen and oxygen atoms in total. The van der Waals surface area contributed by atoms with Crippen LogP contribution < -0.4 is 0 Å². The number of aromatic nitrogens is 3. The van der Waals surface area contributed by atoms with Gasteiger partial charge in [0.1, 0.15) is 0 Å². The van der Waals surface area contributed by atoms with Gasteiger partial charge in [-0.25, -0.2) is 0 Å². The van der Waals surface area contributed by atoms with Crippen molar-refractivity contribution in [3.63, 3.8) is 0 Å². The molecule has 0 fully saturated rings. The van der Waals surface area contributed by atoms with E-state index in [2.05, 4.69) is 10.2 Å². The van der Waals surface area contributed by atoms with E-state index in [-0.39, 0.29) is 11.0 Å². The molecule has 3 aromatic rings. The molecule has 0 saturated heterocycles. The number of nitrogens with zero attached hydrogens (tertiary/aromatic N) is 3. The van der Waals surface area contributed by atoms with Crippen molar-refractivity contribution < 1.29 is 4.79 Å². The Labute approximate surface area is 131 Å². The van der Waals surface area contributed by atoms with Crippen LogP contribution in [0.1, 0.15) is 17.3 Å². The van der Waals surface area contributed by atoms with Gasteiger partial charge in [0.05, 0.1) is 5.25 Å². The van der Waals surface area contributed by atoms with Crippen molar-refractivity contribution in [2.75, 3.05) is 0 Å². The second-order valence-corrected chi connectivity index (χ2v) is 6.29. The number of ketones is 1. The van der Waals surface area contributed by atoms with Gasteiger partial charge in [-0.2, -0.15) is 0 Å². The molecule has 6 heteroatoms. The summed E-state index contributed by atoms with van der Waals surface area (Å²) in [5, 5.41) is 9.29. The van der Waals surface area contributed by atoms with Gasteiger partial charge >= 0.3 is 0 Å².